The molecule has 0 spiro atoms. The second kappa shape index (κ2) is 5.13. The van der Waals surface area contributed by atoms with Crippen LogP contribution >= 0.6 is 27.3 Å². The summed E-state index contributed by atoms with van der Waals surface area (Å²) in [6.45, 7) is 1.49. The molecule has 94 valence electrons. The molecule has 1 N–H and O–H groups in total. The Kier molecular flexibility index (Phi) is 3.52. The van der Waals surface area contributed by atoms with Crippen molar-refractivity contribution in [1.82, 2.24) is 5.32 Å². The molecule has 0 fully saturated rings. The monoisotopic (exact) mass is 323 g/mol. The van der Waals surface area contributed by atoms with E-state index < -0.39 is 0 Å². The molecule has 4 heteroatoms. The SMILES string of the molecule is CNC(c1ccc2c(c1)COC2)c1sccc1Br. The van der Waals surface area contributed by atoms with Gasteiger partial charge in [-0.05, 0) is 51.1 Å². The lowest BCUT2D eigenvalue weighted by Gasteiger charge is -2.17. The number of hydrogen-bond acceptors (Lipinski definition) is 3. The summed E-state index contributed by atoms with van der Waals surface area (Å²) in [7, 11) is 2.00. The molecule has 1 unspecified atom stereocenters. The molecule has 0 radical (unpaired) electrons. The number of fused-ring (bicyclic) bond motifs is 1. The number of halogens is 1. The predicted molar refractivity (Wildman–Crippen MR) is 77.9 cm³/mol. The van der Waals surface area contributed by atoms with Crippen molar-refractivity contribution >= 4 is 27.3 Å². The molecule has 1 aromatic carbocycles. The summed E-state index contributed by atoms with van der Waals surface area (Å²) >= 11 is 5.38. The molecule has 1 aliphatic rings. The van der Waals surface area contributed by atoms with Crippen molar-refractivity contribution in [2.24, 2.45) is 0 Å². The molecule has 1 atom stereocenters. The van der Waals surface area contributed by atoms with Crippen LogP contribution in [0.3, 0.4) is 0 Å². The summed E-state index contributed by atoms with van der Waals surface area (Å²) in [4.78, 5) is 1.32. The average molecular weight is 324 g/mol. The van der Waals surface area contributed by atoms with Crippen molar-refractivity contribution in [3.63, 3.8) is 0 Å². The number of rotatable bonds is 3. The fourth-order valence-electron chi connectivity index (χ4n) is 2.33. The zero-order valence-electron chi connectivity index (χ0n) is 10.1. The number of benzene rings is 1. The number of ether oxygens (including phenoxy) is 1. The van der Waals surface area contributed by atoms with Gasteiger partial charge in [-0.1, -0.05) is 18.2 Å². The van der Waals surface area contributed by atoms with Crippen LogP contribution in [0.4, 0.5) is 0 Å². The quantitative estimate of drug-likeness (QED) is 0.926. The molecule has 18 heavy (non-hydrogen) atoms. The molecule has 2 nitrogen and oxygen atoms in total. The minimum absolute atomic E-state index is 0.241. The summed E-state index contributed by atoms with van der Waals surface area (Å²) in [5, 5.41) is 5.50. The molecule has 1 aromatic heterocycles. The van der Waals surface area contributed by atoms with E-state index in [-0.39, 0.29) is 6.04 Å². The molecule has 0 bridgehead atoms. The van der Waals surface area contributed by atoms with Crippen molar-refractivity contribution in [3.8, 4) is 0 Å². The van der Waals surface area contributed by atoms with Crippen molar-refractivity contribution < 1.29 is 4.74 Å². The maximum Gasteiger partial charge on any atom is 0.0725 e. The van der Waals surface area contributed by atoms with Crippen LogP contribution in [0.25, 0.3) is 0 Å². The van der Waals surface area contributed by atoms with Crippen molar-refractivity contribution in [1.29, 1.82) is 0 Å². The number of thiophene rings is 1. The molecule has 2 heterocycles. The summed E-state index contributed by atoms with van der Waals surface area (Å²) in [5.41, 5.74) is 3.93. The normalized spacial score (nSPS) is 15.7. The third-order valence-electron chi connectivity index (χ3n) is 3.27. The van der Waals surface area contributed by atoms with E-state index in [0.717, 1.165) is 13.2 Å². The molecule has 1 aliphatic heterocycles. The van der Waals surface area contributed by atoms with Crippen molar-refractivity contribution in [2.45, 2.75) is 19.3 Å². The summed E-state index contributed by atoms with van der Waals surface area (Å²) < 4.78 is 6.64. The Labute approximate surface area is 119 Å². The summed E-state index contributed by atoms with van der Waals surface area (Å²) in [6.07, 6.45) is 0. The van der Waals surface area contributed by atoms with Gasteiger partial charge in [0.25, 0.3) is 0 Å². The third-order valence-corrected chi connectivity index (χ3v) is 5.21. The maximum atomic E-state index is 5.47. The molecule has 2 aromatic rings. The van der Waals surface area contributed by atoms with E-state index in [1.165, 1.54) is 26.0 Å². The Hall–Kier alpha value is -0.680. The molecule has 0 saturated heterocycles. The number of nitrogens with one attached hydrogen (secondary N) is 1. The van der Waals surface area contributed by atoms with Crippen LogP contribution in [0.2, 0.25) is 0 Å². The highest BCUT2D eigenvalue weighted by Gasteiger charge is 2.19. The summed E-state index contributed by atoms with van der Waals surface area (Å²) in [5.74, 6) is 0. The van der Waals surface area contributed by atoms with Crippen LogP contribution in [0, 0.1) is 0 Å². The lowest BCUT2D eigenvalue weighted by atomic mass is 10.0. The van der Waals surface area contributed by atoms with Gasteiger partial charge >= 0.3 is 0 Å². The van der Waals surface area contributed by atoms with E-state index in [1.54, 1.807) is 11.3 Å². The van der Waals surface area contributed by atoms with Crippen LogP contribution in [-0.4, -0.2) is 7.05 Å². The molecular weight excluding hydrogens is 310 g/mol. The molecule has 0 amide bonds. The van der Waals surface area contributed by atoms with Gasteiger partial charge in [0.2, 0.25) is 0 Å². The van der Waals surface area contributed by atoms with E-state index >= 15 is 0 Å². The van der Waals surface area contributed by atoms with Gasteiger partial charge in [-0.25, -0.2) is 0 Å². The van der Waals surface area contributed by atoms with E-state index in [0.29, 0.717) is 0 Å². The van der Waals surface area contributed by atoms with Gasteiger partial charge in [-0.15, -0.1) is 11.3 Å². The van der Waals surface area contributed by atoms with E-state index in [1.807, 2.05) is 7.05 Å². The third kappa shape index (κ3) is 2.14. The predicted octanol–water partition coefficient (Wildman–Crippen LogP) is 3.85. The van der Waals surface area contributed by atoms with Gasteiger partial charge in [0.05, 0.1) is 19.3 Å². The maximum absolute atomic E-state index is 5.47. The number of hydrogen-bond donors (Lipinski definition) is 1. The second-order valence-corrected chi connectivity index (χ2v) is 6.18. The Morgan fingerprint density at radius 1 is 1.28 bits per heavy atom. The van der Waals surface area contributed by atoms with Crippen molar-refractivity contribution in [2.75, 3.05) is 7.05 Å². The van der Waals surface area contributed by atoms with Crippen molar-refractivity contribution in [3.05, 3.63) is 55.7 Å². The fourth-order valence-corrected chi connectivity index (χ4v) is 4.07. The topological polar surface area (TPSA) is 21.3 Å². The fraction of sp³-hybridized carbons (Fsp3) is 0.286. The van der Waals surface area contributed by atoms with E-state index in [4.69, 9.17) is 4.74 Å². The van der Waals surface area contributed by atoms with Crippen LogP contribution in [-0.2, 0) is 18.0 Å². The Morgan fingerprint density at radius 3 is 2.83 bits per heavy atom. The second-order valence-electron chi connectivity index (χ2n) is 4.38. The van der Waals surface area contributed by atoms with E-state index in [9.17, 15) is 0 Å². The zero-order valence-corrected chi connectivity index (χ0v) is 12.5. The van der Waals surface area contributed by atoms with Gasteiger partial charge in [0.15, 0.2) is 0 Å². The highest BCUT2D eigenvalue weighted by molar-refractivity contribution is 9.10. The Balaban J connectivity index is 2.00. The molecular formula is C14H14BrNOS. The Morgan fingerprint density at radius 2 is 2.11 bits per heavy atom. The summed E-state index contributed by atoms with van der Waals surface area (Å²) in [6, 6.07) is 8.98. The van der Waals surface area contributed by atoms with Crippen LogP contribution in [0.5, 0.6) is 0 Å². The van der Waals surface area contributed by atoms with Crippen LogP contribution in [0.15, 0.2) is 34.1 Å². The first kappa shape index (κ1) is 12.4. The highest BCUT2D eigenvalue weighted by atomic mass is 79.9. The average Bonchev–Trinajstić information content (AvgIpc) is 2.99. The van der Waals surface area contributed by atoms with Crippen LogP contribution < -0.4 is 5.32 Å². The first-order valence-corrected chi connectivity index (χ1v) is 7.56. The smallest absolute Gasteiger partial charge is 0.0725 e. The zero-order chi connectivity index (χ0) is 12.5. The van der Waals surface area contributed by atoms with Gasteiger partial charge in [-0.2, -0.15) is 0 Å². The van der Waals surface area contributed by atoms with Gasteiger partial charge in [-0.3, -0.25) is 0 Å². The Bertz CT molecular complexity index is 567. The lowest BCUT2D eigenvalue weighted by molar-refractivity contribution is 0.134. The lowest BCUT2D eigenvalue weighted by Crippen LogP contribution is -2.17. The first-order chi connectivity index (χ1) is 8.79. The van der Waals surface area contributed by atoms with Gasteiger partial charge < -0.3 is 10.1 Å². The van der Waals surface area contributed by atoms with Gasteiger partial charge in [0, 0.05) is 9.35 Å². The minimum Gasteiger partial charge on any atom is -0.372 e. The molecule has 0 aliphatic carbocycles. The van der Waals surface area contributed by atoms with Gasteiger partial charge in [0.1, 0.15) is 0 Å². The minimum atomic E-state index is 0.241. The highest BCUT2D eigenvalue weighted by Crippen LogP contribution is 2.34. The van der Waals surface area contributed by atoms with Crippen LogP contribution in [0.1, 0.15) is 27.6 Å². The van der Waals surface area contributed by atoms with E-state index in [2.05, 4.69) is 50.9 Å². The first-order valence-electron chi connectivity index (χ1n) is 5.89. The standard InChI is InChI=1S/C14H14BrNOS/c1-16-13(14-12(15)4-5-18-14)9-2-3-10-7-17-8-11(10)6-9/h2-6,13,16H,7-8H2,1H3. The molecule has 3 rings (SSSR count). The molecule has 0 saturated carbocycles. The largest absolute Gasteiger partial charge is 0.372 e.